The van der Waals surface area contributed by atoms with Crippen LogP contribution in [0.1, 0.15) is 144 Å². The molecule has 0 atom stereocenters. The molecular weight excluding hydrogens is 554 g/mol. The van der Waals surface area contributed by atoms with Crippen molar-refractivity contribution < 1.29 is 28.6 Å². The summed E-state index contributed by atoms with van der Waals surface area (Å²) in [7, 11) is 4.13. The number of nitrogens with zero attached hydrogens (tertiary/aromatic N) is 1. The molecule has 0 saturated heterocycles. The number of carbonyl (C=O) groups excluding carboxylic acids is 3. The van der Waals surface area contributed by atoms with Crippen molar-refractivity contribution in [2.45, 2.75) is 150 Å². The van der Waals surface area contributed by atoms with E-state index in [-0.39, 0.29) is 47.7 Å². The Bertz CT molecular complexity index is 788. The lowest BCUT2D eigenvalue weighted by atomic mass is 9.73. The average molecular weight is 622 g/mol. The van der Waals surface area contributed by atoms with Crippen LogP contribution in [0.2, 0.25) is 0 Å². The first-order valence-electron chi connectivity index (χ1n) is 17.3. The van der Waals surface area contributed by atoms with Crippen molar-refractivity contribution in [2.75, 3.05) is 33.9 Å². The van der Waals surface area contributed by atoms with Gasteiger partial charge in [0.1, 0.15) is 19.3 Å². The van der Waals surface area contributed by atoms with Crippen molar-refractivity contribution in [3.63, 3.8) is 0 Å². The van der Waals surface area contributed by atoms with Crippen molar-refractivity contribution >= 4 is 17.9 Å². The third-order valence-electron chi connectivity index (χ3n) is 7.40. The maximum absolute atomic E-state index is 13.1. The largest absolute Gasteiger partial charge is 0.462 e. The number of allylic oxidation sites excluding steroid dienone is 2. The molecule has 0 aromatic heterocycles. The first kappa shape index (κ1) is 41.9. The van der Waals surface area contributed by atoms with Crippen LogP contribution in [0.3, 0.4) is 0 Å². The van der Waals surface area contributed by atoms with Crippen molar-refractivity contribution in [1.29, 1.82) is 0 Å². The Morgan fingerprint density at radius 3 is 1.57 bits per heavy atom. The molecule has 0 aromatic carbocycles. The molecule has 0 rings (SSSR count). The molecule has 0 aliphatic carbocycles. The third kappa shape index (κ3) is 26.3. The van der Waals surface area contributed by atoms with E-state index in [1.54, 1.807) is 0 Å². The molecule has 44 heavy (non-hydrogen) atoms. The second-order valence-corrected chi connectivity index (χ2v) is 14.1. The van der Waals surface area contributed by atoms with Crippen LogP contribution in [0, 0.1) is 10.8 Å². The molecule has 0 fully saturated rings. The Morgan fingerprint density at radius 1 is 0.659 bits per heavy atom. The highest BCUT2D eigenvalue weighted by Crippen LogP contribution is 2.37. The van der Waals surface area contributed by atoms with Gasteiger partial charge in [0.15, 0.2) is 0 Å². The van der Waals surface area contributed by atoms with E-state index < -0.39 is 0 Å². The van der Waals surface area contributed by atoms with Gasteiger partial charge in [0.2, 0.25) is 0 Å². The molecule has 256 valence electrons. The van der Waals surface area contributed by atoms with E-state index in [0.29, 0.717) is 45.3 Å². The summed E-state index contributed by atoms with van der Waals surface area (Å²) in [6, 6.07) is 0. The summed E-state index contributed by atoms with van der Waals surface area (Å²) in [5.41, 5.74) is -0.161. The van der Waals surface area contributed by atoms with Gasteiger partial charge in [-0.1, -0.05) is 91.5 Å². The molecule has 0 N–H and O–H groups in total. The molecule has 0 bridgehead atoms. The molecule has 0 aromatic rings. The Kier molecular flexibility index (Phi) is 23.9. The zero-order valence-corrected chi connectivity index (χ0v) is 29.7. The fourth-order valence-electron chi connectivity index (χ4n) is 5.92. The SMILES string of the molecule is CCCCC/C=C\COC(=O)CCCC(CCCC(=O)OC/C=C\CCCCC)OC(=O)CC(C)(C)CC(C)(C)CN(C)C. The highest BCUT2D eigenvalue weighted by Gasteiger charge is 2.32. The molecule has 0 aliphatic rings. The van der Waals surface area contributed by atoms with Crippen LogP contribution in [0.25, 0.3) is 0 Å². The van der Waals surface area contributed by atoms with E-state index in [1.165, 1.54) is 25.7 Å². The fraction of sp³-hybridized carbons (Fsp3) is 0.811. The minimum atomic E-state index is -0.356. The lowest BCUT2D eigenvalue weighted by Crippen LogP contribution is -2.34. The van der Waals surface area contributed by atoms with Crippen LogP contribution in [-0.2, 0) is 28.6 Å². The predicted octanol–water partition coefficient (Wildman–Crippen LogP) is 8.99. The van der Waals surface area contributed by atoms with Crippen LogP contribution in [0.4, 0.5) is 0 Å². The summed E-state index contributed by atoms with van der Waals surface area (Å²) >= 11 is 0. The van der Waals surface area contributed by atoms with Crippen molar-refractivity contribution in [3.05, 3.63) is 24.3 Å². The Morgan fingerprint density at radius 2 is 1.14 bits per heavy atom. The molecule has 0 heterocycles. The third-order valence-corrected chi connectivity index (χ3v) is 7.40. The molecule has 0 unspecified atom stereocenters. The minimum Gasteiger partial charge on any atom is -0.462 e. The molecule has 7 heteroatoms. The number of ether oxygens (including phenoxy) is 3. The Balaban J connectivity index is 4.86. The second kappa shape index (κ2) is 25.1. The predicted molar refractivity (Wildman–Crippen MR) is 181 cm³/mol. The molecule has 7 nitrogen and oxygen atoms in total. The monoisotopic (exact) mass is 621 g/mol. The Hall–Kier alpha value is -2.15. The maximum Gasteiger partial charge on any atom is 0.306 e. The van der Waals surface area contributed by atoms with E-state index in [1.807, 2.05) is 12.2 Å². The highest BCUT2D eigenvalue weighted by atomic mass is 16.5. The van der Waals surface area contributed by atoms with E-state index >= 15 is 0 Å². The second-order valence-electron chi connectivity index (χ2n) is 14.1. The summed E-state index contributed by atoms with van der Waals surface area (Å²) in [5, 5.41) is 0. The number of esters is 3. The quantitative estimate of drug-likeness (QED) is 0.0392. The minimum absolute atomic E-state index is 0.0583. The van der Waals surface area contributed by atoms with Crippen LogP contribution in [-0.4, -0.2) is 62.8 Å². The van der Waals surface area contributed by atoms with Gasteiger partial charge in [0.25, 0.3) is 0 Å². The molecule has 0 radical (unpaired) electrons. The number of hydrogen-bond donors (Lipinski definition) is 0. The summed E-state index contributed by atoms with van der Waals surface area (Å²) in [4.78, 5) is 39.7. The summed E-state index contributed by atoms with van der Waals surface area (Å²) in [5.74, 6) is -0.722. The van der Waals surface area contributed by atoms with E-state index in [4.69, 9.17) is 14.2 Å². The normalized spacial score (nSPS) is 12.5. The first-order valence-corrected chi connectivity index (χ1v) is 17.3. The van der Waals surface area contributed by atoms with Gasteiger partial charge >= 0.3 is 17.9 Å². The molecule has 0 spiro atoms. The van der Waals surface area contributed by atoms with Crippen LogP contribution in [0.15, 0.2) is 24.3 Å². The summed E-state index contributed by atoms with van der Waals surface area (Å²) < 4.78 is 16.6. The van der Waals surface area contributed by atoms with Gasteiger partial charge in [-0.25, -0.2) is 0 Å². The van der Waals surface area contributed by atoms with Crippen LogP contribution >= 0.6 is 0 Å². The van der Waals surface area contributed by atoms with E-state index in [9.17, 15) is 14.4 Å². The van der Waals surface area contributed by atoms with Crippen LogP contribution in [0.5, 0.6) is 0 Å². The van der Waals surface area contributed by atoms with Gasteiger partial charge in [-0.3, -0.25) is 14.4 Å². The van der Waals surface area contributed by atoms with Gasteiger partial charge in [-0.05, 0) is 82.7 Å². The van der Waals surface area contributed by atoms with Crippen LogP contribution < -0.4 is 0 Å². The number of unbranched alkanes of at least 4 members (excludes halogenated alkanes) is 6. The highest BCUT2D eigenvalue weighted by molar-refractivity contribution is 5.71. The maximum atomic E-state index is 13.1. The standard InChI is InChI=1S/C37H67NO6/c1-9-11-13-15-17-19-27-42-33(39)25-21-23-32(24-22-26-34(40)43-28-20-18-16-14-12-10-2)44-35(41)29-36(3,4)30-37(5,6)31-38(7)8/h17-20,32H,9-16,21-31H2,1-8H3/b19-17-,20-18-. The topological polar surface area (TPSA) is 82.1 Å². The number of rotatable bonds is 27. The van der Waals surface area contributed by atoms with Gasteiger partial charge in [-0.15, -0.1) is 0 Å². The van der Waals surface area contributed by atoms with E-state index in [2.05, 4.69) is 72.7 Å². The Labute approximate surface area is 270 Å². The molecule has 0 amide bonds. The zero-order valence-electron chi connectivity index (χ0n) is 29.7. The summed E-state index contributed by atoms with van der Waals surface area (Å²) in [6.45, 7) is 14.6. The number of carbonyl (C=O) groups is 3. The molecular formula is C37H67NO6. The summed E-state index contributed by atoms with van der Waals surface area (Å²) in [6.07, 6.45) is 20.7. The number of hydrogen-bond acceptors (Lipinski definition) is 7. The molecule has 0 saturated carbocycles. The van der Waals surface area contributed by atoms with Gasteiger partial charge in [0.05, 0.1) is 6.42 Å². The van der Waals surface area contributed by atoms with Crippen molar-refractivity contribution in [1.82, 2.24) is 4.90 Å². The smallest absolute Gasteiger partial charge is 0.306 e. The van der Waals surface area contributed by atoms with Gasteiger partial charge in [0, 0.05) is 19.4 Å². The lowest BCUT2D eigenvalue weighted by molar-refractivity contribution is -0.152. The first-order chi connectivity index (χ1) is 20.8. The average Bonchev–Trinajstić information content (AvgIpc) is 2.90. The van der Waals surface area contributed by atoms with Crippen molar-refractivity contribution in [3.8, 4) is 0 Å². The molecule has 0 aliphatic heterocycles. The van der Waals surface area contributed by atoms with Crippen molar-refractivity contribution in [2.24, 2.45) is 10.8 Å². The zero-order chi connectivity index (χ0) is 33.3. The lowest BCUT2D eigenvalue weighted by Gasteiger charge is -2.36. The van der Waals surface area contributed by atoms with Gasteiger partial charge < -0.3 is 19.1 Å². The van der Waals surface area contributed by atoms with Gasteiger partial charge in [-0.2, -0.15) is 0 Å². The fourth-order valence-corrected chi connectivity index (χ4v) is 5.92. The van der Waals surface area contributed by atoms with E-state index in [0.717, 1.165) is 38.6 Å².